The molecule has 0 radical (unpaired) electrons. The van der Waals surface area contributed by atoms with E-state index in [0.717, 1.165) is 12.1 Å². The lowest BCUT2D eigenvalue weighted by Crippen LogP contribution is -2.28. The maximum Gasteiger partial charge on any atom is 0.229 e. The van der Waals surface area contributed by atoms with Gasteiger partial charge in [0.25, 0.3) is 0 Å². The van der Waals surface area contributed by atoms with E-state index in [0.29, 0.717) is 21.8 Å². The number of halogens is 1. The molecule has 0 aliphatic carbocycles. The Morgan fingerprint density at radius 2 is 1.96 bits per heavy atom. The first-order valence-electron chi connectivity index (χ1n) is 7.96. The van der Waals surface area contributed by atoms with Crippen LogP contribution >= 0.6 is 11.6 Å². The second-order valence-corrected chi connectivity index (χ2v) is 7.15. The van der Waals surface area contributed by atoms with E-state index in [-0.39, 0.29) is 5.91 Å². The minimum atomic E-state index is -0.965. The lowest BCUT2D eigenvalue weighted by Gasteiger charge is -2.22. The number of hydrogen-bond donors (Lipinski definition) is 2. The summed E-state index contributed by atoms with van der Waals surface area (Å²) in [6.07, 6.45) is 1.37. The molecule has 1 aromatic carbocycles. The number of aliphatic hydroxyl groups is 1. The number of pyridine rings is 1. The Labute approximate surface area is 147 Å². The van der Waals surface area contributed by atoms with E-state index >= 15 is 0 Å². The summed E-state index contributed by atoms with van der Waals surface area (Å²) in [5.74, 6) is -0.122. The van der Waals surface area contributed by atoms with E-state index in [1.54, 1.807) is 30.5 Å². The number of carbonyl (C=O) groups excluding carboxylic acids is 1. The lowest BCUT2D eigenvalue weighted by atomic mass is 9.94. The van der Waals surface area contributed by atoms with E-state index in [2.05, 4.69) is 10.3 Å². The molecule has 2 rings (SSSR count). The zero-order valence-electron chi connectivity index (χ0n) is 14.4. The fourth-order valence-corrected chi connectivity index (χ4v) is 2.44. The number of aliphatic hydroxyl groups excluding tert-OH is 1. The van der Waals surface area contributed by atoms with Crippen molar-refractivity contribution in [2.75, 3.05) is 5.32 Å². The molecule has 1 amide bonds. The Bertz CT molecular complexity index is 738. The molecular weight excluding hydrogens is 324 g/mol. The predicted octanol–water partition coefficient (Wildman–Crippen LogP) is 4.36. The molecule has 1 aromatic heterocycles. The fraction of sp³-hybridized carbons (Fsp3) is 0.368. The number of aromatic nitrogens is 1. The molecule has 2 N–H and O–H groups in total. The zero-order valence-corrected chi connectivity index (χ0v) is 15.2. The molecule has 0 spiro atoms. The molecule has 2 aromatic rings. The summed E-state index contributed by atoms with van der Waals surface area (Å²) in [6, 6.07) is 8.90. The van der Waals surface area contributed by atoms with E-state index < -0.39 is 11.5 Å². The molecule has 0 saturated heterocycles. The fourth-order valence-electron chi connectivity index (χ4n) is 2.20. The van der Waals surface area contributed by atoms with Crippen LogP contribution in [0, 0.1) is 5.41 Å². The molecule has 1 atom stereocenters. The number of amides is 1. The van der Waals surface area contributed by atoms with Crippen molar-refractivity contribution in [3.05, 3.63) is 58.4 Å². The molecule has 0 bridgehead atoms. The number of hydrogen-bond acceptors (Lipinski definition) is 3. The maximum atomic E-state index is 12.4. The van der Waals surface area contributed by atoms with E-state index in [1.165, 1.54) is 0 Å². The maximum absolute atomic E-state index is 12.4. The SMILES string of the molecule is CCc1cc(NC(=O)C(C)(C)C)c(C(O)c2ccccc2Cl)cn1. The summed E-state index contributed by atoms with van der Waals surface area (Å²) >= 11 is 6.19. The molecule has 0 fully saturated rings. The zero-order chi connectivity index (χ0) is 17.9. The summed E-state index contributed by atoms with van der Waals surface area (Å²) in [5, 5.41) is 14.1. The standard InChI is InChI=1S/C19H23ClN2O2/c1-5-12-10-16(22-18(24)19(2,3)4)14(11-21-12)17(23)13-8-6-7-9-15(13)20/h6-11,17,23H,5H2,1-4H3,(H,21,22,24). The van der Waals surface area contributed by atoms with Crippen molar-refractivity contribution < 1.29 is 9.90 Å². The van der Waals surface area contributed by atoms with Crippen LogP contribution in [-0.2, 0) is 11.2 Å². The van der Waals surface area contributed by atoms with Crippen molar-refractivity contribution in [3.63, 3.8) is 0 Å². The second kappa shape index (κ2) is 7.32. The van der Waals surface area contributed by atoms with Gasteiger partial charge < -0.3 is 10.4 Å². The smallest absolute Gasteiger partial charge is 0.229 e. The van der Waals surface area contributed by atoms with Crippen molar-refractivity contribution in [2.24, 2.45) is 5.41 Å². The number of aryl methyl sites for hydroxylation is 1. The Morgan fingerprint density at radius 1 is 1.29 bits per heavy atom. The Morgan fingerprint density at radius 3 is 2.54 bits per heavy atom. The molecular formula is C19H23ClN2O2. The highest BCUT2D eigenvalue weighted by Gasteiger charge is 2.24. The van der Waals surface area contributed by atoms with Crippen molar-refractivity contribution in [1.29, 1.82) is 0 Å². The first-order chi connectivity index (χ1) is 11.2. The van der Waals surface area contributed by atoms with E-state index in [1.807, 2.05) is 33.8 Å². The molecule has 0 saturated carbocycles. The van der Waals surface area contributed by atoms with Crippen LogP contribution in [0.3, 0.4) is 0 Å². The highest BCUT2D eigenvalue weighted by atomic mass is 35.5. The van der Waals surface area contributed by atoms with Gasteiger partial charge in [-0.3, -0.25) is 9.78 Å². The highest BCUT2D eigenvalue weighted by molar-refractivity contribution is 6.31. The third-order valence-corrected chi connectivity index (χ3v) is 4.12. The highest BCUT2D eigenvalue weighted by Crippen LogP contribution is 2.33. The number of benzene rings is 1. The van der Waals surface area contributed by atoms with E-state index in [4.69, 9.17) is 11.6 Å². The lowest BCUT2D eigenvalue weighted by molar-refractivity contribution is -0.123. The minimum absolute atomic E-state index is 0.122. The van der Waals surface area contributed by atoms with Gasteiger partial charge in [0.05, 0.1) is 5.69 Å². The van der Waals surface area contributed by atoms with Gasteiger partial charge in [-0.15, -0.1) is 0 Å². The minimum Gasteiger partial charge on any atom is -0.383 e. The van der Waals surface area contributed by atoms with Gasteiger partial charge in [-0.1, -0.05) is 57.5 Å². The summed E-state index contributed by atoms with van der Waals surface area (Å²) in [6.45, 7) is 7.51. The van der Waals surface area contributed by atoms with Crippen LogP contribution in [0.5, 0.6) is 0 Å². The van der Waals surface area contributed by atoms with Gasteiger partial charge in [0.1, 0.15) is 6.10 Å². The van der Waals surface area contributed by atoms with Crippen LogP contribution in [-0.4, -0.2) is 16.0 Å². The topological polar surface area (TPSA) is 62.2 Å². The molecule has 128 valence electrons. The third kappa shape index (κ3) is 4.13. The number of nitrogens with zero attached hydrogens (tertiary/aromatic N) is 1. The van der Waals surface area contributed by atoms with Crippen molar-refractivity contribution >= 4 is 23.2 Å². The molecule has 0 aliphatic rings. The summed E-state index contributed by atoms with van der Waals surface area (Å²) in [4.78, 5) is 16.7. The molecule has 1 unspecified atom stereocenters. The van der Waals surface area contributed by atoms with Gasteiger partial charge in [0.2, 0.25) is 5.91 Å². The average molecular weight is 347 g/mol. The molecule has 4 nitrogen and oxygen atoms in total. The normalized spacial score (nSPS) is 12.8. The quantitative estimate of drug-likeness (QED) is 0.864. The second-order valence-electron chi connectivity index (χ2n) is 6.74. The van der Waals surface area contributed by atoms with Gasteiger partial charge in [0, 0.05) is 33.5 Å². The number of anilines is 1. The van der Waals surface area contributed by atoms with Crippen molar-refractivity contribution in [2.45, 2.75) is 40.2 Å². The van der Waals surface area contributed by atoms with Crippen molar-refractivity contribution in [1.82, 2.24) is 4.98 Å². The summed E-state index contributed by atoms with van der Waals surface area (Å²) in [5.41, 5.74) is 1.97. The molecule has 5 heteroatoms. The predicted molar refractivity (Wildman–Crippen MR) is 97.2 cm³/mol. The van der Waals surface area contributed by atoms with Crippen molar-refractivity contribution in [3.8, 4) is 0 Å². The monoisotopic (exact) mass is 346 g/mol. The number of nitrogens with one attached hydrogen (secondary N) is 1. The van der Waals surface area contributed by atoms with E-state index in [9.17, 15) is 9.90 Å². The van der Waals surface area contributed by atoms with Gasteiger partial charge >= 0.3 is 0 Å². The van der Waals surface area contributed by atoms with Crippen LogP contribution in [0.2, 0.25) is 5.02 Å². The molecule has 1 heterocycles. The van der Waals surface area contributed by atoms with Crippen LogP contribution < -0.4 is 5.32 Å². The van der Waals surface area contributed by atoms with Gasteiger partial charge in [-0.05, 0) is 18.6 Å². The Balaban J connectivity index is 2.46. The van der Waals surface area contributed by atoms with Gasteiger partial charge in [-0.25, -0.2) is 0 Å². The third-order valence-electron chi connectivity index (χ3n) is 3.78. The molecule has 24 heavy (non-hydrogen) atoms. The van der Waals surface area contributed by atoms with Gasteiger partial charge in [0.15, 0.2) is 0 Å². The van der Waals surface area contributed by atoms with Crippen LogP contribution in [0.25, 0.3) is 0 Å². The summed E-state index contributed by atoms with van der Waals surface area (Å²) < 4.78 is 0. The largest absolute Gasteiger partial charge is 0.383 e. The first kappa shape index (κ1) is 18.4. The van der Waals surface area contributed by atoms with Crippen LogP contribution in [0.15, 0.2) is 36.5 Å². The summed E-state index contributed by atoms with van der Waals surface area (Å²) in [7, 11) is 0. The molecule has 0 aliphatic heterocycles. The van der Waals surface area contributed by atoms with Gasteiger partial charge in [-0.2, -0.15) is 0 Å². The number of rotatable bonds is 4. The Hall–Kier alpha value is -1.91. The van der Waals surface area contributed by atoms with Crippen LogP contribution in [0.4, 0.5) is 5.69 Å². The first-order valence-corrected chi connectivity index (χ1v) is 8.34. The number of carbonyl (C=O) groups is 1. The average Bonchev–Trinajstić information content (AvgIpc) is 2.53. The van der Waals surface area contributed by atoms with Crippen LogP contribution in [0.1, 0.15) is 50.6 Å². The Kier molecular flexibility index (Phi) is 5.62.